The van der Waals surface area contributed by atoms with Gasteiger partial charge < -0.3 is 15.8 Å². The zero-order chi connectivity index (χ0) is 12.7. The Bertz CT molecular complexity index is 366. The van der Waals surface area contributed by atoms with Gasteiger partial charge in [0, 0.05) is 12.6 Å². The molecule has 0 heterocycles. The van der Waals surface area contributed by atoms with Crippen molar-refractivity contribution in [3.63, 3.8) is 0 Å². The number of carbonyl (C=O) groups is 1. The van der Waals surface area contributed by atoms with Crippen LogP contribution in [-0.4, -0.2) is 25.6 Å². The standard InChI is InChI=1S/C13H20N2O2/c1-3-10(14)8-9-15-13(16)11-6-4-5-7-12(11)17-2/h4-7,10H,3,8-9,14H2,1-2H3,(H,15,16). The normalized spacial score (nSPS) is 11.9. The van der Waals surface area contributed by atoms with Gasteiger partial charge in [-0.3, -0.25) is 4.79 Å². The highest BCUT2D eigenvalue weighted by molar-refractivity contribution is 5.96. The molecule has 0 saturated heterocycles. The minimum absolute atomic E-state index is 0.120. The summed E-state index contributed by atoms with van der Waals surface area (Å²) in [5.74, 6) is 0.468. The van der Waals surface area contributed by atoms with Gasteiger partial charge in [-0.25, -0.2) is 0 Å². The van der Waals surface area contributed by atoms with Crippen LogP contribution in [0.4, 0.5) is 0 Å². The summed E-state index contributed by atoms with van der Waals surface area (Å²) in [6.07, 6.45) is 1.71. The van der Waals surface area contributed by atoms with Gasteiger partial charge >= 0.3 is 0 Å². The van der Waals surface area contributed by atoms with E-state index in [1.165, 1.54) is 0 Å². The Morgan fingerprint density at radius 1 is 1.47 bits per heavy atom. The van der Waals surface area contributed by atoms with E-state index in [0.717, 1.165) is 12.8 Å². The molecule has 1 rings (SSSR count). The van der Waals surface area contributed by atoms with Crippen molar-refractivity contribution in [3.8, 4) is 5.75 Å². The molecular formula is C13H20N2O2. The molecular weight excluding hydrogens is 216 g/mol. The van der Waals surface area contributed by atoms with Crippen LogP contribution in [0.3, 0.4) is 0 Å². The van der Waals surface area contributed by atoms with Gasteiger partial charge in [0.25, 0.3) is 5.91 Å². The van der Waals surface area contributed by atoms with E-state index in [0.29, 0.717) is 17.9 Å². The lowest BCUT2D eigenvalue weighted by molar-refractivity contribution is 0.0949. The Balaban J connectivity index is 2.52. The summed E-state index contributed by atoms with van der Waals surface area (Å²) in [4.78, 5) is 11.9. The summed E-state index contributed by atoms with van der Waals surface area (Å²) in [5.41, 5.74) is 6.33. The summed E-state index contributed by atoms with van der Waals surface area (Å²) in [5, 5.41) is 2.84. The molecule has 94 valence electrons. The average Bonchev–Trinajstić information content (AvgIpc) is 2.38. The minimum atomic E-state index is -0.120. The number of amides is 1. The molecule has 4 heteroatoms. The first-order valence-electron chi connectivity index (χ1n) is 5.85. The first-order chi connectivity index (χ1) is 8.19. The van der Waals surface area contributed by atoms with E-state index in [-0.39, 0.29) is 11.9 Å². The van der Waals surface area contributed by atoms with E-state index in [9.17, 15) is 4.79 Å². The maximum absolute atomic E-state index is 11.9. The third kappa shape index (κ3) is 4.07. The van der Waals surface area contributed by atoms with E-state index in [4.69, 9.17) is 10.5 Å². The third-order valence-corrected chi connectivity index (χ3v) is 2.68. The molecule has 1 amide bonds. The lowest BCUT2D eigenvalue weighted by Crippen LogP contribution is -2.30. The first kappa shape index (κ1) is 13.5. The molecule has 0 aliphatic carbocycles. The lowest BCUT2D eigenvalue weighted by atomic mass is 10.1. The van der Waals surface area contributed by atoms with Crippen molar-refractivity contribution in [2.75, 3.05) is 13.7 Å². The van der Waals surface area contributed by atoms with E-state index >= 15 is 0 Å². The van der Waals surface area contributed by atoms with Crippen molar-refractivity contribution in [1.82, 2.24) is 5.32 Å². The molecule has 0 saturated carbocycles. The number of hydrogen-bond acceptors (Lipinski definition) is 3. The number of nitrogens with two attached hydrogens (primary N) is 1. The van der Waals surface area contributed by atoms with Crippen molar-refractivity contribution < 1.29 is 9.53 Å². The van der Waals surface area contributed by atoms with Crippen LogP contribution in [0.5, 0.6) is 5.75 Å². The van der Waals surface area contributed by atoms with Crippen LogP contribution in [-0.2, 0) is 0 Å². The van der Waals surface area contributed by atoms with Gasteiger partial charge in [0.15, 0.2) is 0 Å². The summed E-state index contributed by atoms with van der Waals surface area (Å²) >= 11 is 0. The van der Waals surface area contributed by atoms with Crippen molar-refractivity contribution in [3.05, 3.63) is 29.8 Å². The molecule has 0 aliphatic heterocycles. The summed E-state index contributed by atoms with van der Waals surface area (Å²) < 4.78 is 5.13. The molecule has 1 aromatic rings. The van der Waals surface area contributed by atoms with Crippen LogP contribution in [0.25, 0.3) is 0 Å². The van der Waals surface area contributed by atoms with E-state index in [1.54, 1.807) is 19.2 Å². The number of benzene rings is 1. The highest BCUT2D eigenvalue weighted by atomic mass is 16.5. The van der Waals surface area contributed by atoms with Crippen LogP contribution in [0.1, 0.15) is 30.1 Å². The number of ether oxygens (including phenoxy) is 1. The second-order valence-electron chi connectivity index (χ2n) is 3.91. The zero-order valence-electron chi connectivity index (χ0n) is 10.4. The number of hydrogen-bond donors (Lipinski definition) is 2. The van der Waals surface area contributed by atoms with E-state index in [2.05, 4.69) is 5.32 Å². The average molecular weight is 236 g/mol. The van der Waals surface area contributed by atoms with Crippen molar-refractivity contribution in [2.45, 2.75) is 25.8 Å². The molecule has 0 fully saturated rings. The second kappa shape index (κ2) is 6.91. The fourth-order valence-electron chi connectivity index (χ4n) is 1.50. The van der Waals surface area contributed by atoms with E-state index < -0.39 is 0 Å². The van der Waals surface area contributed by atoms with Crippen molar-refractivity contribution in [2.24, 2.45) is 5.73 Å². The summed E-state index contributed by atoms with van der Waals surface area (Å²) in [6.45, 7) is 2.62. The van der Waals surface area contributed by atoms with Crippen LogP contribution < -0.4 is 15.8 Å². The maximum Gasteiger partial charge on any atom is 0.255 e. The molecule has 0 bridgehead atoms. The molecule has 3 N–H and O–H groups in total. The molecule has 1 unspecified atom stereocenters. The zero-order valence-corrected chi connectivity index (χ0v) is 10.4. The van der Waals surface area contributed by atoms with Gasteiger partial charge in [-0.05, 0) is 25.0 Å². The predicted molar refractivity (Wildman–Crippen MR) is 68.2 cm³/mol. The Morgan fingerprint density at radius 3 is 2.82 bits per heavy atom. The highest BCUT2D eigenvalue weighted by Gasteiger charge is 2.10. The molecule has 0 radical (unpaired) electrons. The van der Waals surface area contributed by atoms with Gasteiger partial charge in [0.2, 0.25) is 0 Å². The van der Waals surface area contributed by atoms with Crippen molar-refractivity contribution >= 4 is 5.91 Å². The lowest BCUT2D eigenvalue weighted by Gasteiger charge is -2.11. The van der Waals surface area contributed by atoms with E-state index in [1.807, 2.05) is 19.1 Å². The topological polar surface area (TPSA) is 64.3 Å². The second-order valence-corrected chi connectivity index (χ2v) is 3.91. The number of methoxy groups -OCH3 is 1. The Morgan fingerprint density at radius 2 is 2.18 bits per heavy atom. The molecule has 4 nitrogen and oxygen atoms in total. The van der Waals surface area contributed by atoms with Crippen LogP contribution >= 0.6 is 0 Å². The SMILES string of the molecule is CCC(N)CCNC(=O)c1ccccc1OC. The summed E-state index contributed by atoms with van der Waals surface area (Å²) in [7, 11) is 1.55. The highest BCUT2D eigenvalue weighted by Crippen LogP contribution is 2.16. The fraction of sp³-hybridized carbons (Fsp3) is 0.462. The van der Waals surface area contributed by atoms with Crippen LogP contribution in [0.15, 0.2) is 24.3 Å². The number of para-hydroxylation sites is 1. The minimum Gasteiger partial charge on any atom is -0.496 e. The number of nitrogens with one attached hydrogen (secondary N) is 1. The van der Waals surface area contributed by atoms with Crippen LogP contribution in [0, 0.1) is 0 Å². The maximum atomic E-state index is 11.9. The molecule has 0 spiro atoms. The Labute approximate surface area is 102 Å². The summed E-state index contributed by atoms with van der Waals surface area (Å²) in [6, 6.07) is 7.31. The number of carbonyl (C=O) groups excluding carboxylic acids is 1. The van der Waals surface area contributed by atoms with Gasteiger partial charge in [-0.1, -0.05) is 19.1 Å². The van der Waals surface area contributed by atoms with Crippen molar-refractivity contribution in [1.29, 1.82) is 0 Å². The monoisotopic (exact) mass is 236 g/mol. The van der Waals surface area contributed by atoms with Gasteiger partial charge in [0.1, 0.15) is 5.75 Å². The molecule has 1 aromatic carbocycles. The third-order valence-electron chi connectivity index (χ3n) is 2.68. The molecule has 0 aromatic heterocycles. The molecule has 17 heavy (non-hydrogen) atoms. The van der Waals surface area contributed by atoms with Gasteiger partial charge in [-0.2, -0.15) is 0 Å². The molecule has 1 atom stereocenters. The Kier molecular flexibility index (Phi) is 5.49. The Hall–Kier alpha value is -1.55. The largest absolute Gasteiger partial charge is 0.496 e. The quantitative estimate of drug-likeness (QED) is 0.787. The first-order valence-corrected chi connectivity index (χ1v) is 5.85. The van der Waals surface area contributed by atoms with Crippen LogP contribution in [0.2, 0.25) is 0 Å². The number of rotatable bonds is 6. The van der Waals surface area contributed by atoms with Gasteiger partial charge in [0.05, 0.1) is 12.7 Å². The molecule has 0 aliphatic rings. The smallest absolute Gasteiger partial charge is 0.255 e. The predicted octanol–water partition coefficient (Wildman–Crippen LogP) is 1.55. The van der Waals surface area contributed by atoms with Gasteiger partial charge in [-0.15, -0.1) is 0 Å². The fourth-order valence-corrected chi connectivity index (χ4v) is 1.50.